The third kappa shape index (κ3) is 3.73. The van der Waals surface area contributed by atoms with Gasteiger partial charge in [-0.2, -0.15) is 5.10 Å². The van der Waals surface area contributed by atoms with Crippen molar-refractivity contribution in [2.75, 3.05) is 32.7 Å². The van der Waals surface area contributed by atoms with Crippen LogP contribution in [0, 0.1) is 0 Å². The average molecular weight is 389 g/mol. The molecular formula is C18H20N4O2S2. The number of hydrogen-bond acceptors (Lipinski definition) is 6. The zero-order valence-corrected chi connectivity index (χ0v) is 15.8. The van der Waals surface area contributed by atoms with E-state index >= 15 is 0 Å². The second-order valence-electron chi connectivity index (χ2n) is 6.27. The molecule has 1 fully saturated rings. The van der Waals surface area contributed by atoms with Crippen LogP contribution < -0.4 is 0 Å². The molecule has 4 heterocycles. The van der Waals surface area contributed by atoms with Crippen LogP contribution in [0.4, 0.5) is 0 Å². The molecule has 4 rings (SSSR count). The Hall–Kier alpha value is -2.00. The predicted octanol–water partition coefficient (Wildman–Crippen LogP) is 2.69. The number of aliphatic hydroxyl groups is 1. The number of nitrogens with zero attached hydrogens (tertiary/aromatic N) is 3. The fraction of sp³-hybridized carbons (Fsp3) is 0.333. The lowest BCUT2D eigenvalue weighted by Crippen LogP contribution is -2.49. The minimum Gasteiger partial charge on any atom is -0.386 e. The molecule has 1 unspecified atom stereocenters. The van der Waals surface area contributed by atoms with Crippen molar-refractivity contribution in [1.29, 1.82) is 0 Å². The number of H-pyrrole nitrogens is 1. The lowest BCUT2D eigenvalue weighted by molar-refractivity contribution is 0.0528. The van der Waals surface area contributed by atoms with Crippen LogP contribution >= 0.6 is 22.7 Å². The summed E-state index contributed by atoms with van der Waals surface area (Å²) in [6.07, 6.45) is -0.461. The Morgan fingerprint density at radius 1 is 1.19 bits per heavy atom. The molecule has 2 N–H and O–H groups in total. The Labute approximate surface area is 159 Å². The Morgan fingerprint density at radius 3 is 2.65 bits per heavy atom. The number of amides is 1. The lowest BCUT2D eigenvalue weighted by Gasteiger charge is -2.35. The van der Waals surface area contributed by atoms with Gasteiger partial charge in [0.05, 0.1) is 10.6 Å². The minimum atomic E-state index is -0.461. The van der Waals surface area contributed by atoms with E-state index in [0.717, 1.165) is 28.5 Å². The molecule has 1 aliphatic rings. The molecule has 1 saturated heterocycles. The summed E-state index contributed by atoms with van der Waals surface area (Å²) in [6, 6.07) is 9.71. The van der Waals surface area contributed by atoms with E-state index in [4.69, 9.17) is 0 Å². The fourth-order valence-corrected chi connectivity index (χ4v) is 4.50. The van der Waals surface area contributed by atoms with Crippen LogP contribution in [0.3, 0.4) is 0 Å². The van der Waals surface area contributed by atoms with Gasteiger partial charge >= 0.3 is 0 Å². The van der Waals surface area contributed by atoms with Gasteiger partial charge in [0.1, 0.15) is 6.10 Å². The van der Waals surface area contributed by atoms with E-state index in [2.05, 4.69) is 15.1 Å². The number of hydrogen-bond donors (Lipinski definition) is 2. The Morgan fingerprint density at radius 2 is 1.96 bits per heavy atom. The molecule has 1 amide bonds. The van der Waals surface area contributed by atoms with Crippen molar-refractivity contribution in [3.63, 3.8) is 0 Å². The van der Waals surface area contributed by atoms with Gasteiger partial charge in [-0.3, -0.25) is 14.8 Å². The Bertz CT molecular complexity index is 837. The van der Waals surface area contributed by atoms with Crippen LogP contribution in [-0.4, -0.2) is 63.7 Å². The van der Waals surface area contributed by atoms with Crippen LogP contribution in [0.2, 0.25) is 0 Å². The lowest BCUT2D eigenvalue weighted by atomic mass is 10.2. The molecule has 0 bridgehead atoms. The normalized spacial score (nSPS) is 16.7. The number of aromatic amines is 1. The first kappa shape index (κ1) is 17.4. The van der Waals surface area contributed by atoms with Gasteiger partial charge in [0.25, 0.3) is 5.91 Å². The van der Waals surface area contributed by atoms with Gasteiger partial charge in [0, 0.05) is 37.6 Å². The first-order valence-electron chi connectivity index (χ1n) is 8.53. The monoisotopic (exact) mass is 388 g/mol. The fourth-order valence-electron chi connectivity index (χ4n) is 3.10. The maximum absolute atomic E-state index is 12.7. The summed E-state index contributed by atoms with van der Waals surface area (Å²) in [5.74, 6) is -0.0393. The zero-order valence-electron chi connectivity index (χ0n) is 14.2. The molecule has 0 aliphatic carbocycles. The van der Waals surface area contributed by atoms with E-state index in [9.17, 15) is 9.90 Å². The van der Waals surface area contributed by atoms with Crippen molar-refractivity contribution in [2.45, 2.75) is 6.10 Å². The molecule has 1 atom stereocenters. The van der Waals surface area contributed by atoms with Crippen LogP contribution in [-0.2, 0) is 0 Å². The highest BCUT2D eigenvalue weighted by Crippen LogP contribution is 2.24. The summed E-state index contributed by atoms with van der Waals surface area (Å²) in [6.45, 7) is 3.43. The number of carbonyl (C=O) groups excluding carboxylic acids is 1. The molecule has 0 aromatic carbocycles. The molecule has 26 heavy (non-hydrogen) atoms. The molecule has 8 heteroatoms. The van der Waals surface area contributed by atoms with Crippen molar-refractivity contribution in [1.82, 2.24) is 20.0 Å². The zero-order chi connectivity index (χ0) is 17.9. The summed E-state index contributed by atoms with van der Waals surface area (Å²) in [7, 11) is 0. The van der Waals surface area contributed by atoms with E-state index in [1.165, 1.54) is 0 Å². The van der Waals surface area contributed by atoms with E-state index < -0.39 is 6.10 Å². The van der Waals surface area contributed by atoms with E-state index in [-0.39, 0.29) is 5.91 Å². The first-order valence-corrected chi connectivity index (χ1v) is 10.3. The molecule has 0 spiro atoms. The van der Waals surface area contributed by atoms with Gasteiger partial charge in [-0.05, 0) is 29.0 Å². The summed E-state index contributed by atoms with van der Waals surface area (Å²) in [5, 5.41) is 21.4. The summed E-state index contributed by atoms with van der Waals surface area (Å²) >= 11 is 3.19. The van der Waals surface area contributed by atoms with Crippen molar-refractivity contribution < 1.29 is 9.90 Å². The summed E-state index contributed by atoms with van der Waals surface area (Å²) < 4.78 is 0. The summed E-state index contributed by atoms with van der Waals surface area (Å²) in [5.41, 5.74) is 1.33. The Kier molecular flexibility index (Phi) is 5.16. The number of thiophene rings is 2. The SMILES string of the molecule is O=C(c1cc(-c2cccs2)[nH]n1)N1CCN(CC(O)c2cccs2)CC1. The van der Waals surface area contributed by atoms with Crippen molar-refractivity contribution in [2.24, 2.45) is 0 Å². The second-order valence-corrected chi connectivity index (χ2v) is 8.20. The van der Waals surface area contributed by atoms with E-state index in [1.54, 1.807) is 22.7 Å². The minimum absolute atomic E-state index is 0.0393. The van der Waals surface area contributed by atoms with Gasteiger partial charge < -0.3 is 10.0 Å². The largest absolute Gasteiger partial charge is 0.386 e. The molecule has 0 radical (unpaired) electrons. The standard InChI is InChI=1S/C18H20N4O2S2/c23-15(17-4-2-10-26-17)12-21-5-7-22(8-6-21)18(24)14-11-13(19-20-14)16-3-1-9-25-16/h1-4,9-11,15,23H,5-8,12H2,(H,19,20). The average Bonchev–Trinajstić information content (AvgIpc) is 3.43. The first-order chi connectivity index (χ1) is 12.7. The maximum atomic E-state index is 12.7. The number of nitrogens with one attached hydrogen (secondary N) is 1. The predicted molar refractivity (Wildman–Crippen MR) is 104 cm³/mol. The van der Waals surface area contributed by atoms with Gasteiger partial charge in [0.15, 0.2) is 5.69 Å². The highest BCUT2D eigenvalue weighted by molar-refractivity contribution is 7.13. The molecule has 0 saturated carbocycles. The molecule has 3 aromatic heterocycles. The summed E-state index contributed by atoms with van der Waals surface area (Å²) in [4.78, 5) is 18.8. The van der Waals surface area contributed by atoms with Gasteiger partial charge in [-0.1, -0.05) is 12.1 Å². The Balaban J connectivity index is 1.32. The molecule has 1 aliphatic heterocycles. The number of rotatable bonds is 5. The topological polar surface area (TPSA) is 72.5 Å². The number of carbonyl (C=O) groups is 1. The maximum Gasteiger partial charge on any atom is 0.274 e. The van der Waals surface area contributed by atoms with Crippen molar-refractivity contribution >= 4 is 28.6 Å². The van der Waals surface area contributed by atoms with Crippen molar-refractivity contribution in [3.8, 4) is 10.6 Å². The van der Waals surface area contributed by atoms with Crippen LogP contribution in [0.1, 0.15) is 21.5 Å². The molecule has 136 valence electrons. The van der Waals surface area contributed by atoms with Gasteiger partial charge in [0.2, 0.25) is 0 Å². The van der Waals surface area contributed by atoms with Gasteiger partial charge in [-0.15, -0.1) is 22.7 Å². The van der Waals surface area contributed by atoms with Crippen LogP contribution in [0.15, 0.2) is 41.1 Å². The van der Waals surface area contributed by atoms with Crippen molar-refractivity contribution in [3.05, 3.63) is 51.7 Å². The number of aliphatic hydroxyl groups excluding tert-OH is 1. The number of β-amino-alcohol motifs (C(OH)–C–C–N with tert-alkyl or cyclic N) is 1. The van der Waals surface area contributed by atoms with Crippen LogP contribution in [0.5, 0.6) is 0 Å². The molecule has 6 nitrogen and oxygen atoms in total. The van der Waals surface area contributed by atoms with E-state index in [0.29, 0.717) is 25.3 Å². The second kappa shape index (κ2) is 7.71. The van der Waals surface area contributed by atoms with E-state index in [1.807, 2.05) is 46.0 Å². The smallest absolute Gasteiger partial charge is 0.274 e. The third-order valence-corrected chi connectivity index (χ3v) is 6.42. The van der Waals surface area contributed by atoms with Gasteiger partial charge in [-0.25, -0.2) is 0 Å². The van der Waals surface area contributed by atoms with Crippen LogP contribution in [0.25, 0.3) is 10.6 Å². The highest BCUT2D eigenvalue weighted by atomic mass is 32.1. The quantitative estimate of drug-likeness (QED) is 0.705. The number of piperazine rings is 1. The third-order valence-electron chi connectivity index (χ3n) is 4.55. The number of aromatic nitrogens is 2. The molecular weight excluding hydrogens is 368 g/mol. The molecule has 3 aromatic rings. The highest BCUT2D eigenvalue weighted by Gasteiger charge is 2.25.